The Labute approximate surface area is 115 Å². The van der Waals surface area contributed by atoms with Gasteiger partial charge in [-0.05, 0) is 31.3 Å². The molecule has 0 aromatic carbocycles. The Bertz CT molecular complexity index is 320. The average molecular weight is 266 g/mol. The van der Waals surface area contributed by atoms with E-state index in [1.807, 2.05) is 0 Å². The second-order valence-corrected chi connectivity index (χ2v) is 5.13. The molecular formula is C15H26N2O2. The van der Waals surface area contributed by atoms with E-state index in [1.165, 1.54) is 0 Å². The Morgan fingerprint density at radius 2 is 1.95 bits per heavy atom. The highest BCUT2D eigenvalue weighted by atomic mass is 16.3. The van der Waals surface area contributed by atoms with Crippen LogP contribution in [0.4, 0.5) is 0 Å². The number of aliphatic hydroxyl groups is 2. The third-order valence-electron chi connectivity index (χ3n) is 3.63. The summed E-state index contributed by atoms with van der Waals surface area (Å²) in [6, 6.07) is 0.00765. The van der Waals surface area contributed by atoms with Gasteiger partial charge in [0.05, 0.1) is 12.2 Å². The molecule has 1 fully saturated rings. The van der Waals surface area contributed by atoms with Gasteiger partial charge in [0.1, 0.15) is 0 Å². The van der Waals surface area contributed by atoms with Gasteiger partial charge < -0.3 is 21.3 Å². The van der Waals surface area contributed by atoms with E-state index in [1.54, 1.807) is 18.2 Å². The molecule has 1 aliphatic rings. The van der Waals surface area contributed by atoms with Crippen molar-refractivity contribution in [1.29, 1.82) is 0 Å². The summed E-state index contributed by atoms with van der Waals surface area (Å²) in [6.45, 7) is 7.81. The summed E-state index contributed by atoms with van der Waals surface area (Å²) in [5.41, 5.74) is 6.67. The molecule has 5 N–H and O–H groups in total. The van der Waals surface area contributed by atoms with Crippen LogP contribution in [0.25, 0.3) is 0 Å². The fraction of sp³-hybridized carbons (Fsp3) is 0.600. The molecule has 2 atom stereocenters. The monoisotopic (exact) mass is 266 g/mol. The molecule has 0 aromatic rings. The van der Waals surface area contributed by atoms with Crippen molar-refractivity contribution in [3.05, 3.63) is 37.0 Å². The highest BCUT2D eigenvalue weighted by Crippen LogP contribution is 2.18. The number of hydrogen-bond acceptors (Lipinski definition) is 4. The number of aliphatic hydroxyl groups excluding tert-OH is 2. The summed E-state index contributed by atoms with van der Waals surface area (Å²) in [5.74, 6) is 0. The third kappa shape index (κ3) is 5.28. The van der Waals surface area contributed by atoms with Crippen LogP contribution in [0.1, 0.15) is 25.7 Å². The lowest BCUT2D eigenvalue weighted by Crippen LogP contribution is -2.47. The van der Waals surface area contributed by atoms with Crippen LogP contribution in [-0.4, -0.2) is 41.0 Å². The Balaban J connectivity index is 2.37. The van der Waals surface area contributed by atoms with E-state index >= 15 is 0 Å². The lowest BCUT2D eigenvalue weighted by Gasteiger charge is -2.28. The largest absolute Gasteiger partial charge is 0.393 e. The van der Waals surface area contributed by atoms with Crippen molar-refractivity contribution in [2.45, 2.75) is 50.0 Å². The molecule has 0 aliphatic heterocycles. The molecule has 0 aromatic heterocycles. The SMILES string of the molecule is C=C/C=C(\C=C)C(O)C(N)CNC1CCC(O)CC1. The summed E-state index contributed by atoms with van der Waals surface area (Å²) in [4.78, 5) is 0. The van der Waals surface area contributed by atoms with E-state index in [-0.39, 0.29) is 12.1 Å². The van der Waals surface area contributed by atoms with E-state index in [2.05, 4.69) is 18.5 Å². The third-order valence-corrected chi connectivity index (χ3v) is 3.63. The molecule has 4 heteroatoms. The maximum Gasteiger partial charge on any atom is 0.0953 e. The second kappa shape index (κ2) is 8.27. The Morgan fingerprint density at radius 1 is 1.32 bits per heavy atom. The van der Waals surface area contributed by atoms with Gasteiger partial charge in [-0.25, -0.2) is 0 Å². The van der Waals surface area contributed by atoms with Gasteiger partial charge in [0.25, 0.3) is 0 Å². The van der Waals surface area contributed by atoms with Crippen molar-refractivity contribution in [2.24, 2.45) is 5.73 Å². The lowest BCUT2D eigenvalue weighted by atomic mass is 9.92. The van der Waals surface area contributed by atoms with E-state index in [0.29, 0.717) is 18.2 Å². The quantitative estimate of drug-likeness (QED) is 0.516. The van der Waals surface area contributed by atoms with Gasteiger partial charge >= 0.3 is 0 Å². The molecule has 0 saturated heterocycles. The summed E-state index contributed by atoms with van der Waals surface area (Å²) in [5, 5.41) is 22.9. The van der Waals surface area contributed by atoms with E-state index in [9.17, 15) is 10.2 Å². The topological polar surface area (TPSA) is 78.5 Å². The summed E-state index contributed by atoms with van der Waals surface area (Å²) < 4.78 is 0. The number of hydrogen-bond donors (Lipinski definition) is 4. The predicted molar refractivity (Wildman–Crippen MR) is 78.7 cm³/mol. The van der Waals surface area contributed by atoms with E-state index in [0.717, 1.165) is 25.7 Å². The van der Waals surface area contributed by atoms with Crippen molar-refractivity contribution >= 4 is 0 Å². The van der Waals surface area contributed by atoms with Gasteiger partial charge in [-0.15, -0.1) is 0 Å². The predicted octanol–water partition coefficient (Wildman–Crippen LogP) is 0.866. The minimum Gasteiger partial charge on any atom is -0.393 e. The number of nitrogens with one attached hydrogen (secondary N) is 1. The molecule has 0 heterocycles. The van der Waals surface area contributed by atoms with Crippen molar-refractivity contribution in [1.82, 2.24) is 5.32 Å². The highest BCUT2D eigenvalue weighted by molar-refractivity contribution is 5.26. The summed E-state index contributed by atoms with van der Waals surface area (Å²) >= 11 is 0. The van der Waals surface area contributed by atoms with Crippen LogP contribution in [0, 0.1) is 0 Å². The molecule has 1 rings (SSSR count). The molecule has 0 bridgehead atoms. The fourth-order valence-corrected chi connectivity index (χ4v) is 2.36. The average Bonchev–Trinajstić information content (AvgIpc) is 2.43. The van der Waals surface area contributed by atoms with Crippen LogP contribution >= 0.6 is 0 Å². The van der Waals surface area contributed by atoms with Crippen molar-refractivity contribution < 1.29 is 10.2 Å². The standard InChI is InChI=1S/C15H26N2O2/c1-3-5-11(4-2)15(19)14(16)10-17-12-6-8-13(18)9-7-12/h3-5,12-15,17-19H,1-2,6-10,16H2/b11-5+. The van der Waals surface area contributed by atoms with Crippen LogP contribution in [0.3, 0.4) is 0 Å². The van der Waals surface area contributed by atoms with Crippen molar-refractivity contribution in [2.75, 3.05) is 6.54 Å². The molecule has 4 nitrogen and oxygen atoms in total. The van der Waals surface area contributed by atoms with Gasteiger partial charge in [-0.1, -0.05) is 31.4 Å². The van der Waals surface area contributed by atoms with Crippen molar-refractivity contribution in [3.8, 4) is 0 Å². The molecule has 1 aliphatic carbocycles. The van der Waals surface area contributed by atoms with E-state index in [4.69, 9.17) is 5.73 Å². The minimum atomic E-state index is -0.739. The van der Waals surface area contributed by atoms with E-state index < -0.39 is 6.10 Å². The fourth-order valence-electron chi connectivity index (χ4n) is 2.36. The number of rotatable bonds is 7. The molecular weight excluding hydrogens is 240 g/mol. The maximum atomic E-state index is 10.1. The molecule has 2 unspecified atom stereocenters. The van der Waals surface area contributed by atoms with Gasteiger partial charge in [0, 0.05) is 18.6 Å². The molecule has 0 spiro atoms. The Morgan fingerprint density at radius 3 is 2.47 bits per heavy atom. The molecule has 0 amide bonds. The van der Waals surface area contributed by atoms with Crippen LogP contribution in [0.5, 0.6) is 0 Å². The summed E-state index contributed by atoms with van der Waals surface area (Å²) in [7, 11) is 0. The van der Waals surface area contributed by atoms with Crippen LogP contribution in [0.2, 0.25) is 0 Å². The second-order valence-electron chi connectivity index (χ2n) is 5.13. The van der Waals surface area contributed by atoms with Crippen LogP contribution < -0.4 is 11.1 Å². The highest BCUT2D eigenvalue weighted by Gasteiger charge is 2.22. The van der Waals surface area contributed by atoms with Crippen LogP contribution in [-0.2, 0) is 0 Å². The van der Waals surface area contributed by atoms with Gasteiger partial charge in [0.2, 0.25) is 0 Å². The molecule has 1 saturated carbocycles. The first-order valence-corrected chi connectivity index (χ1v) is 6.88. The Kier molecular flexibility index (Phi) is 7.02. The van der Waals surface area contributed by atoms with Gasteiger partial charge in [-0.2, -0.15) is 0 Å². The number of nitrogens with two attached hydrogens (primary N) is 1. The Hall–Kier alpha value is -0.940. The van der Waals surface area contributed by atoms with Gasteiger partial charge in [-0.3, -0.25) is 0 Å². The maximum absolute atomic E-state index is 10.1. The van der Waals surface area contributed by atoms with Crippen molar-refractivity contribution in [3.63, 3.8) is 0 Å². The molecule has 19 heavy (non-hydrogen) atoms. The first-order chi connectivity index (χ1) is 9.08. The lowest BCUT2D eigenvalue weighted by molar-refractivity contribution is 0.114. The zero-order chi connectivity index (χ0) is 14.3. The van der Waals surface area contributed by atoms with Gasteiger partial charge in [0.15, 0.2) is 0 Å². The zero-order valence-electron chi connectivity index (χ0n) is 11.5. The molecule has 108 valence electrons. The van der Waals surface area contributed by atoms with Crippen LogP contribution in [0.15, 0.2) is 37.0 Å². The summed E-state index contributed by atoms with van der Waals surface area (Å²) in [6.07, 6.45) is 7.63. The minimum absolute atomic E-state index is 0.153. The first kappa shape index (κ1) is 16.1. The first-order valence-electron chi connectivity index (χ1n) is 6.88. The molecule has 0 radical (unpaired) electrons. The normalized spacial score (nSPS) is 27.6. The zero-order valence-corrected chi connectivity index (χ0v) is 11.5. The smallest absolute Gasteiger partial charge is 0.0953 e. The number of allylic oxidation sites excluding steroid dienone is 2.